The largest absolute Gasteiger partial charge is 0.324 e. The zero-order valence-corrected chi connectivity index (χ0v) is 14.8. The minimum absolute atomic E-state index is 0.407. The highest BCUT2D eigenvalue weighted by Gasteiger charge is 2.30. The van der Waals surface area contributed by atoms with Gasteiger partial charge in [-0.05, 0) is 24.5 Å². The van der Waals surface area contributed by atoms with Crippen LogP contribution in [0.1, 0.15) is 32.3 Å². The second-order valence-electron chi connectivity index (χ2n) is 5.77. The molecular weight excluding hydrogens is 332 g/mol. The van der Waals surface area contributed by atoms with Crippen LogP contribution in [0.25, 0.3) is 0 Å². The molecule has 0 amide bonds. The molecule has 0 atom stereocenters. The average molecular weight is 355 g/mol. The summed E-state index contributed by atoms with van der Waals surface area (Å²) >= 11 is 5.83. The van der Waals surface area contributed by atoms with Gasteiger partial charge in [0.15, 0.2) is 5.03 Å². The number of pyridine rings is 1. The first kappa shape index (κ1) is 18.4. The Morgan fingerprint density at radius 1 is 1.25 bits per heavy atom. The second-order valence-corrected chi connectivity index (χ2v) is 6.15. The molecule has 0 bridgehead atoms. The Hall–Kier alpha value is -1.93. The van der Waals surface area contributed by atoms with Gasteiger partial charge in [-0.15, -0.1) is 0 Å². The first-order valence-corrected chi connectivity index (χ1v) is 8.47. The van der Waals surface area contributed by atoms with E-state index >= 15 is 0 Å². The van der Waals surface area contributed by atoms with Gasteiger partial charge in [-0.25, -0.2) is 15.1 Å². The molecular formula is C15H23ClN6O2. The minimum Gasteiger partial charge on any atom is -0.324 e. The van der Waals surface area contributed by atoms with Crippen molar-refractivity contribution in [2.24, 2.45) is 5.10 Å². The third-order valence-corrected chi connectivity index (χ3v) is 3.90. The SMILES string of the molecule is CCCN1CN(CCC)C(=N[N+](=O)[O-])N(Cc2ccc(Cl)nc2)C1. The van der Waals surface area contributed by atoms with Crippen molar-refractivity contribution in [3.8, 4) is 0 Å². The van der Waals surface area contributed by atoms with E-state index in [-0.39, 0.29) is 0 Å². The fourth-order valence-electron chi connectivity index (χ4n) is 2.79. The van der Waals surface area contributed by atoms with Crippen LogP contribution in [0.3, 0.4) is 0 Å². The van der Waals surface area contributed by atoms with Gasteiger partial charge in [-0.3, -0.25) is 4.90 Å². The van der Waals surface area contributed by atoms with E-state index in [0.717, 1.165) is 31.5 Å². The zero-order chi connectivity index (χ0) is 17.5. The van der Waals surface area contributed by atoms with Gasteiger partial charge < -0.3 is 9.80 Å². The van der Waals surface area contributed by atoms with Crippen molar-refractivity contribution in [1.29, 1.82) is 0 Å². The van der Waals surface area contributed by atoms with E-state index in [1.54, 1.807) is 12.3 Å². The molecule has 132 valence electrons. The highest BCUT2D eigenvalue weighted by molar-refractivity contribution is 6.29. The smallest absolute Gasteiger partial charge is 0.276 e. The van der Waals surface area contributed by atoms with Gasteiger partial charge in [0.2, 0.25) is 0 Å². The lowest BCUT2D eigenvalue weighted by Gasteiger charge is -2.43. The summed E-state index contributed by atoms with van der Waals surface area (Å²) < 4.78 is 0. The molecule has 1 aliphatic rings. The van der Waals surface area contributed by atoms with Crippen LogP contribution in [-0.4, -0.2) is 57.1 Å². The van der Waals surface area contributed by atoms with Crippen LogP contribution >= 0.6 is 11.6 Å². The molecule has 0 aliphatic carbocycles. The molecule has 0 aromatic carbocycles. The molecule has 0 N–H and O–H groups in total. The molecule has 24 heavy (non-hydrogen) atoms. The molecule has 1 aliphatic heterocycles. The van der Waals surface area contributed by atoms with Gasteiger partial charge in [-0.1, -0.05) is 31.5 Å². The van der Waals surface area contributed by atoms with Crippen molar-refractivity contribution in [3.05, 3.63) is 39.2 Å². The number of guanidine groups is 1. The molecule has 1 fully saturated rings. The molecule has 2 rings (SSSR count). The van der Waals surface area contributed by atoms with E-state index in [1.165, 1.54) is 0 Å². The lowest BCUT2D eigenvalue weighted by atomic mass is 10.2. The Labute approximate surface area is 146 Å². The van der Waals surface area contributed by atoms with E-state index in [9.17, 15) is 10.1 Å². The number of halogens is 1. The van der Waals surface area contributed by atoms with E-state index in [0.29, 0.717) is 31.0 Å². The Bertz CT molecular complexity index is 580. The maximum atomic E-state index is 11.0. The van der Waals surface area contributed by atoms with Gasteiger partial charge in [-0.2, -0.15) is 0 Å². The van der Waals surface area contributed by atoms with Crippen molar-refractivity contribution >= 4 is 17.6 Å². The van der Waals surface area contributed by atoms with Gasteiger partial charge in [0.1, 0.15) is 10.3 Å². The highest BCUT2D eigenvalue weighted by atomic mass is 35.5. The molecule has 9 heteroatoms. The quantitative estimate of drug-likeness (QED) is 0.425. The van der Waals surface area contributed by atoms with E-state index < -0.39 is 5.03 Å². The van der Waals surface area contributed by atoms with Gasteiger partial charge >= 0.3 is 0 Å². The minimum atomic E-state index is -0.624. The van der Waals surface area contributed by atoms with Crippen LogP contribution in [0.5, 0.6) is 0 Å². The summed E-state index contributed by atoms with van der Waals surface area (Å²) in [5.74, 6) is 0.407. The predicted octanol–water partition coefficient (Wildman–Crippen LogP) is 2.44. The summed E-state index contributed by atoms with van der Waals surface area (Å²) in [6, 6.07) is 3.60. The van der Waals surface area contributed by atoms with Crippen LogP contribution in [0.4, 0.5) is 0 Å². The molecule has 1 aromatic rings. The molecule has 1 saturated heterocycles. The number of aromatic nitrogens is 1. The number of nitro groups is 1. The number of nitrogens with zero attached hydrogens (tertiary/aromatic N) is 6. The first-order valence-electron chi connectivity index (χ1n) is 8.09. The molecule has 0 unspecified atom stereocenters. The zero-order valence-electron chi connectivity index (χ0n) is 14.1. The first-order chi connectivity index (χ1) is 11.5. The lowest BCUT2D eigenvalue weighted by Crippen LogP contribution is -2.58. The number of hydrazone groups is 1. The predicted molar refractivity (Wildman–Crippen MR) is 92.9 cm³/mol. The summed E-state index contributed by atoms with van der Waals surface area (Å²) in [5, 5.41) is 14.4. The van der Waals surface area contributed by atoms with Crippen molar-refractivity contribution in [1.82, 2.24) is 19.7 Å². The maximum Gasteiger partial charge on any atom is 0.276 e. The Morgan fingerprint density at radius 3 is 2.54 bits per heavy atom. The third kappa shape index (κ3) is 5.04. The average Bonchev–Trinajstić information content (AvgIpc) is 2.53. The number of hydrogen-bond donors (Lipinski definition) is 0. The molecule has 1 aromatic heterocycles. The summed E-state index contributed by atoms with van der Waals surface area (Å²) in [6.07, 6.45) is 3.61. The molecule has 8 nitrogen and oxygen atoms in total. The number of rotatable bonds is 7. The van der Waals surface area contributed by atoms with Crippen molar-refractivity contribution in [2.75, 3.05) is 26.4 Å². The second kappa shape index (κ2) is 8.79. The molecule has 0 radical (unpaired) electrons. The van der Waals surface area contributed by atoms with Gasteiger partial charge in [0.05, 0.1) is 13.3 Å². The molecule has 0 saturated carbocycles. The standard InChI is InChI=1S/C15H23ClN6O2/c1-3-7-19-11-20(8-4-2)15(18-22(23)24)21(12-19)10-13-5-6-14(16)17-9-13/h5-6,9H,3-4,7-8,10-12H2,1-2H3. The molecule has 0 spiro atoms. The van der Waals surface area contributed by atoms with Crippen molar-refractivity contribution < 1.29 is 5.03 Å². The van der Waals surface area contributed by atoms with Crippen LogP contribution in [-0.2, 0) is 6.54 Å². The van der Waals surface area contributed by atoms with Crippen LogP contribution < -0.4 is 0 Å². The maximum absolute atomic E-state index is 11.0. The van der Waals surface area contributed by atoms with Crippen molar-refractivity contribution in [2.45, 2.75) is 33.2 Å². The van der Waals surface area contributed by atoms with E-state index in [2.05, 4.69) is 28.8 Å². The lowest BCUT2D eigenvalue weighted by molar-refractivity contribution is -0.486. The molecule has 2 heterocycles. The number of hydrogen-bond acceptors (Lipinski definition) is 4. The van der Waals surface area contributed by atoms with E-state index in [1.807, 2.05) is 15.9 Å². The summed E-state index contributed by atoms with van der Waals surface area (Å²) in [7, 11) is 0. The highest BCUT2D eigenvalue weighted by Crippen LogP contribution is 2.16. The topological polar surface area (TPSA) is 78.1 Å². The van der Waals surface area contributed by atoms with Crippen LogP contribution in [0.2, 0.25) is 5.15 Å². The summed E-state index contributed by atoms with van der Waals surface area (Å²) in [6.45, 7) is 7.59. The van der Waals surface area contributed by atoms with Crippen LogP contribution in [0, 0.1) is 10.1 Å². The van der Waals surface area contributed by atoms with Crippen molar-refractivity contribution in [3.63, 3.8) is 0 Å². The Kier molecular flexibility index (Phi) is 6.74. The van der Waals surface area contributed by atoms with Gasteiger partial charge in [0.25, 0.3) is 5.96 Å². The summed E-state index contributed by atoms with van der Waals surface area (Å²) in [5.41, 5.74) is 0.935. The third-order valence-electron chi connectivity index (χ3n) is 3.67. The monoisotopic (exact) mass is 354 g/mol. The van der Waals surface area contributed by atoms with Gasteiger partial charge in [0, 0.05) is 25.8 Å². The Balaban J connectivity index is 2.25. The fraction of sp³-hybridized carbons (Fsp3) is 0.600. The fourth-order valence-corrected chi connectivity index (χ4v) is 2.90. The Morgan fingerprint density at radius 2 is 1.96 bits per heavy atom. The summed E-state index contributed by atoms with van der Waals surface area (Å²) in [4.78, 5) is 21.2. The van der Waals surface area contributed by atoms with Crippen LogP contribution in [0.15, 0.2) is 23.4 Å². The van der Waals surface area contributed by atoms with E-state index in [4.69, 9.17) is 11.6 Å². The normalized spacial score (nSPS) is 17.5.